The zero-order valence-electron chi connectivity index (χ0n) is 9.27. The molecular formula is C13H9ClINO2. The number of nitrogens with zero attached hydrogens (tertiary/aromatic N) is 1. The van der Waals surface area contributed by atoms with Crippen molar-refractivity contribution in [3.05, 3.63) is 62.4 Å². The maximum absolute atomic E-state index is 11.8. The molecule has 5 heteroatoms. The van der Waals surface area contributed by atoms with E-state index in [4.69, 9.17) is 16.3 Å². The molecule has 0 spiro atoms. The van der Waals surface area contributed by atoms with E-state index < -0.39 is 0 Å². The molecule has 0 aliphatic carbocycles. The Balaban J connectivity index is 2.01. The Morgan fingerprint density at radius 1 is 1.28 bits per heavy atom. The smallest absolute Gasteiger partial charge is 0.339 e. The second kappa shape index (κ2) is 6.15. The van der Waals surface area contributed by atoms with Gasteiger partial charge in [-0.25, -0.2) is 9.78 Å². The summed E-state index contributed by atoms with van der Waals surface area (Å²) in [6.07, 6.45) is 1.59. The summed E-state index contributed by atoms with van der Waals surface area (Å²) in [7, 11) is 0. The van der Waals surface area contributed by atoms with Gasteiger partial charge in [-0.15, -0.1) is 0 Å². The van der Waals surface area contributed by atoms with E-state index in [9.17, 15) is 4.79 Å². The van der Waals surface area contributed by atoms with Crippen LogP contribution >= 0.6 is 34.2 Å². The highest BCUT2D eigenvalue weighted by molar-refractivity contribution is 14.1. The van der Waals surface area contributed by atoms with E-state index in [-0.39, 0.29) is 12.6 Å². The number of benzene rings is 1. The molecule has 0 bridgehead atoms. The Kier molecular flexibility index (Phi) is 4.54. The molecule has 92 valence electrons. The number of hydrogen-bond acceptors (Lipinski definition) is 3. The molecule has 0 amide bonds. The van der Waals surface area contributed by atoms with Gasteiger partial charge in [-0.1, -0.05) is 29.8 Å². The minimum absolute atomic E-state index is 0.188. The van der Waals surface area contributed by atoms with Gasteiger partial charge in [-0.3, -0.25) is 0 Å². The van der Waals surface area contributed by atoms with Gasteiger partial charge in [0, 0.05) is 15.3 Å². The second-order valence-electron chi connectivity index (χ2n) is 3.55. The summed E-state index contributed by atoms with van der Waals surface area (Å²) in [5.74, 6) is -0.338. The molecule has 0 aliphatic rings. The molecule has 3 nitrogen and oxygen atoms in total. The molecular weight excluding hydrogens is 365 g/mol. The molecule has 0 N–H and O–H groups in total. The topological polar surface area (TPSA) is 39.2 Å². The molecule has 0 atom stereocenters. The minimum atomic E-state index is -0.338. The zero-order chi connectivity index (χ0) is 13.0. The van der Waals surface area contributed by atoms with Crippen molar-refractivity contribution in [3.8, 4) is 0 Å². The van der Waals surface area contributed by atoms with Gasteiger partial charge in [-0.05, 0) is 40.8 Å². The zero-order valence-corrected chi connectivity index (χ0v) is 12.2. The van der Waals surface area contributed by atoms with E-state index >= 15 is 0 Å². The van der Waals surface area contributed by atoms with Gasteiger partial charge < -0.3 is 4.74 Å². The number of carbonyl (C=O) groups is 1. The van der Waals surface area contributed by atoms with Gasteiger partial charge in [-0.2, -0.15) is 0 Å². The second-order valence-corrected chi connectivity index (χ2v) is 5.09. The first-order valence-electron chi connectivity index (χ1n) is 5.19. The van der Waals surface area contributed by atoms with Crippen LogP contribution in [0.2, 0.25) is 5.15 Å². The molecule has 0 radical (unpaired) electrons. The van der Waals surface area contributed by atoms with E-state index in [0.29, 0.717) is 10.7 Å². The fourth-order valence-corrected chi connectivity index (χ4v) is 2.06. The van der Waals surface area contributed by atoms with Crippen molar-refractivity contribution in [3.63, 3.8) is 0 Å². The van der Waals surface area contributed by atoms with Crippen LogP contribution in [-0.2, 0) is 11.3 Å². The lowest BCUT2D eigenvalue weighted by molar-refractivity contribution is 0.0471. The average Bonchev–Trinajstić information content (AvgIpc) is 2.38. The SMILES string of the molecule is O=C(OCc1ccc(Cl)nc1)c1ccccc1I. The van der Waals surface area contributed by atoms with E-state index in [2.05, 4.69) is 27.6 Å². The highest BCUT2D eigenvalue weighted by atomic mass is 127. The Morgan fingerprint density at radius 3 is 2.72 bits per heavy atom. The van der Waals surface area contributed by atoms with Crippen LogP contribution in [0.5, 0.6) is 0 Å². The highest BCUT2D eigenvalue weighted by Crippen LogP contribution is 2.14. The molecule has 0 saturated heterocycles. The maximum Gasteiger partial charge on any atom is 0.339 e. The maximum atomic E-state index is 11.8. The molecule has 1 aromatic heterocycles. The van der Waals surface area contributed by atoms with Gasteiger partial charge in [0.15, 0.2) is 0 Å². The lowest BCUT2D eigenvalue weighted by atomic mass is 10.2. The van der Waals surface area contributed by atoms with Crippen LogP contribution < -0.4 is 0 Å². The molecule has 1 heterocycles. The molecule has 18 heavy (non-hydrogen) atoms. The van der Waals surface area contributed by atoms with Crippen molar-refractivity contribution < 1.29 is 9.53 Å². The molecule has 2 aromatic rings. The predicted octanol–water partition coefficient (Wildman–Crippen LogP) is 3.70. The van der Waals surface area contributed by atoms with E-state index in [1.54, 1.807) is 24.4 Å². The predicted molar refractivity (Wildman–Crippen MR) is 77.5 cm³/mol. The normalized spacial score (nSPS) is 10.1. The summed E-state index contributed by atoms with van der Waals surface area (Å²) in [5, 5.41) is 0.419. The van der Waals surface area contributed by atoms with E-state index in [1.165, 1.54) is 0 Å². The quantitative estimate of drug-likeness (QED) is 0.468. The van der Waals surface area contributed by atoms with Crippen molar-refractivity contribution in [2.75, 3.05) is 0 Å². The lowest BCUT2D eigenvalue weighted by Gasteiger charge is -2.06. The van der Waals surface area contributed by atoms with Gasteiger partial charge in [0.25, 0.3) is 0 Å². The average molecular weight is 374 g/mol. The molecule has 1 aromatic carbocycles. The number of carbonyl (C=O) groups excluding carboxylic acids is 1. The van der Waals surface area contributed by atoms with Crippen LogP contribution in [0.1, 0.15) is 15.9 Å². The van der Waals surface area contributed by atoms with Crippen LogP contribution in [0.3, 0.4) is 0 Å². The van der Waals surface area contributed by atoms with Gasteiger partial charge >= 0.3 is 5.97 Å². The molecule has 2 rings (SSSR count). The third kappa shape index (κ3) is 3.43. The number of halogens is 2. The summed E-state index contributed by atoms with van der Waals surface area (Å²) in [6.45, 7) is 0.188. The molecule has 0 fully saturated rings. The summed E-state index contributed by atoms with van der Waals surface area (Å²) in [4.78, 5) is 15.8. The Labute approximate surface area is 123 Å². The largest absolute Gasteiger partial charge is 0.457 e. The van der Waals surface area contributed by atoms with Crippen molar-refractivity contribution in [1.82, 2.24) is 4.98 Å². The standard InChI is InChI=1S/C13H9ClINO2/c14-12-6-5-9(7-16-12)8-18-13(17)10-3-1-2-4-11(10)15/h1-7H,8H2. The summed E-state index contributed by atoms with van der Waals surface area (Å²) >= 11 is 7.77. The molecule has 0 saturated carbocycles. The van der Waals surface area contributed by atoms with E-state index in [0.717, 1.165) is 9.13 Å². The van der Waals surface area contributed by atoms with E-state index in [1.807, 2.05) is 18.2 Å². The van der Waals surface area contributed by atoms with Crippen LogP contribution in [0, 0.1) is 3.57 Å². The lowest BCUT2D eigenvalue weighted by Crippen LogP contribution is -2.07. The third-order valence-corrected chi connectivity index (χ3v) is 3.42. The van der Waals surface area contributed by atoms with Crippen molar-refractivity contribution in [2.45, 2.75) is 6.61 Å². The number of hydrogen-bond donors (Lipinski definition) is 0. The number of pyridine rings is 1. The number of rotatable bonds is 3. The van der Waals surface area contributed by atoms with Gasteiger partial charge in [0.05, 0.1) is 5.56 Å². The van der Waals surface area contributed by atoms with Crippen molar-refractivity contribution in [1.29, 1.82) is 0 Å². The van der Waals surface area contributed by atoms with Crippen LogP contribution in [0.25, 0.3) is 0 Å². The summed E-state index contributed by atoms with van der Waals surface area (Å²) < 4.78 is 6.08. The van der Waals surface area contributed by atoms with Gasteiger partial charge in [0.2, 0.25) is 0 Å². The summed E-state index contributed by atoms with van der Waals surface area (Å²) in [6, 6.07) is 10.7. The van der Waals surface area contributed by atoms with Crippen LogP contribution in [0.15, 0.2) is 42.6 Å². The number of aromatic nitrogens is 1. The first-order chi connectivity index (χ1) is 8.66. The fourth-order valence-electron chi connectivity index (χ4n) is 1.35. The van der Waals surface area contributed by atoms with Gasteiger partial charge in [0.1, 0.15) is 11.8 Å². The Morgan fingerprint density at radius 2 is 2.06 bits per heavy atom. The van der Waals surface area contributed by atoms with Crippen LogP contribution in [-0.4, -0.2) is 11.0 Å². The minimum Gasteiger partial charge on any atom is -0.457 e. The van der Waals surface area contributed by atoms with Crippen LogP contribution in [0.4, 0.5) is 0 Å². The Hall–Kier alpha value is -1.14. The molecule has 0 aliphatic heterocycles. The summed E-state index contributed by atoms with van der Waals surface area (Å²) in [5.41, 5.74) is 1.37. The monoisotopic (exact) mass is 373 g/mol. The first kappa shape index (κ1) is 13.3. The first-order valence-corrected chi connectivity index (χ1v) is 6.64. The number of ether oxygens (including phenoxy) is 1. The van der Waals surface area contributed by atoms with Crippen molar-refractivity contribution >= 4 is 40.2 Å². The fraction of sp³-hybridized carbons (Fsp3) is 0.0769. The Bertz CT molecular complexity index is 557. The molecule has 0 unspecified atom stereocenters. The number of esters is 1. The van der Waals surface area contributed by atoms with Crippen molar-refractivity contribution in [2.24, 2.45) is 0 Å². The highest BCUT2D eigenvalue weighted by Gasteiger charge is 2.10. The third-order valence-electron chi connectivity index (χ3n) is 2.25.